The van der Waals surface area contributed by atoms with Gasteiger partial charge in [-0.2, -0.15) is 0 Å². The van der Waals surface area contributed by atoms with Crippen molar-refractivity contribution in [2.24, 2.45) is 0 Å². The smallest absolute Gasteiger partial charge is 0.336 e. The van der Waals surface area contributed by atoms with E-state index in [0.29, 0.717) is 0 Å². The van der Waals surface area contributed by atoms with Gasteiger partial charge in [0.15, 0.2) is 5.54 Å². The van der Waals surface area contributed by atoms with Crippen molar-refractivity contribution in [1.29, 1.82) is 0 Å². The molecule has 17 heavy (non-hydrogen) atoms. The molecule has 7 heteroatoms. The summed E-state index contributed by atoms with van der Waals surface area (Å²) in [5.74, 6) is -2.15. The highest BCUT2D eigenvalue weighted by Crippen LogP contribution is 2.32. The van der Waals surface area contributed by atoms with Gasteiger partial charge in [0.25, 0.3) is 0 Å². The average Bonchev–Trinajstić information content (AvgIpc) is 2.61. The van der Waals surface area contributed by atoms with E-state index in [9.17, 15) is 19.1 Å². The molecule has 2 amide bonds. The molecule has 2 rings (SSSR count). The van der Waals surface area contributed by atoms with E-state index in [0.717, 1.165) is 6.07 Å². The van der Waals surface area contributed by atoms with E-state index < -0.39 is 23.4 Å². The lowest BCUT2D eigenvalue weighted by molar-refractivity contribution is -0.144. The van der Waals surface area contributed by atoms with E-state index in [-0.39, 0.29) is 17.1 Å². The van der Waals surface area contributed by atoms with Crippen LogP contribution >= 0.6 is 11.6 Å². The lowest BCUT2D eigenvalue weighted by atomic mass is 9.90. The molecule has 0 bridgehead atoms. The Morgan fingerprint density at radius 3 is 2.71 bits per heavy atom. The molecule has 90 valence electrons. The van der Waals surface area contributed by atoms with E-state index >= 15 is 0 Å². The molecular weight excluding hydrogens is 251 g/mol. The molecular formula is C10H8ClFN2O3. The van der Waals surface area contributed by atoms with Crippen molar-refractivity contribution in [3.05, 3.63) is 34.6 Å². The second-order valence-corrected chi connectivity index (χ2v) is 4.02. The Kier molecular flexibility index (Phi) is 2.66. The number of urea groups is 1. The van der Waals surface area contributed by atoms with Crippen molar-refractivity contribution in [3.8, 4) is 0 Å². The standard InChI is InChI=1S/C10H8ClFN2O3/c11-5-2-1-3-6(12)7(5)10(8(15)16)4-13-9(17)14-10/h1-3H,4H2,(H,15,16)(H2,13,14,17). The summed E-state index contributed by atoms with van der Waals surface area (Å²) >= 11 is 5.81. The van der Waals surface area contributed by atoms with Gasteiger partial charge in [-0.05, 0) is 12.1 Å². The number of amides is 2. The highest BCUT2D eigenvalue weighted by Gasteiger charge is 2.49. The first kappa shape index (κ1) is 11.7. The molecule has 1 saturated heterocycles. The maximum absolute atomic E-state index is 13.7. The second kappa shape index (κ2) is 3.89. The predicted molar refractivity (Wildman–Crippen MR) is 57.3 cm³/mol. The molecule has 0 radical (unpaired) electrons. The SMILES string of the molecule is O=C1NCC(C(=O)O)(c2c(F)cccc2Cl)N1. The molecule has 3 N–H and O–H groups in total. The van der Waals surface area contributed by atoms with Crippen LogP contribution in [0.3, 0.4) is 0 Å². The summed E-state index contributed by atoms with van der Waals surface area (Å²) in [5.41, 5.74) is -2.10. The molecule has 1 aliphatic heterocycles. The van der Waals surface area contributed by atoms with Crippen molar-refractivity contribution in [1.82, 2.24) is 10.6 Å². The number of carbonyl (C=O) groups is 2. The first-order chi connectivity index (χ1) is 7.97. The molecule has 0 spiro atoms. The lowest BCUT2D eigenvalue weighted by Crippen LogP contribution is -2.48. The molecule has 1 fully saturated rings. The Bertz CT molecular complexity index is 488. The van der Waals surface area contributed by atoms with Gasteiger partial charge in [0.05, 0.1) is 6.54 Å². The molecule has 1 aromatic rings. The zero-order valence-corrected chi connectivity index (χ0v) is 9.21. The van der Waals surface area contributed by atoms with Gasteiger partial charge in [0.1, 0.15) is 5.82 Å². The van der Waals surface area contributed by atoms with Crippen LogP contribution in [0.5, 0.6) is 0 Å². The second-order valence-electron chi connectivity index (χ2n) is 3.61. The maximum atomic E-state index is 13.7. The Morgan fingerprint density at radius 2 is 2.24 bits per heavy atom. The van der Waals surface area contributed by atoms with Gasteiger partial charge in [0, 0.05) is 10.6 Å². The Hall–Kier alpha value is -1.82. The van der Waals surface area contributed by atoms with Crippen LogP contribution in [0, 0.1) is 5.82 Å². The molecule has 1 atom stereocenters. The quantitative estimate of drug-likeness (QED) is 0.743. The zero-order valence-electron chi connectivity index (χ0n) is 8.46. The summed E-state index contributed by atoms with van der Waals surface area (Å²) in [6.07, 6.45) is 0. The monoisotopic (exact) mass is 258 g/mol. The van der Waals surface area contributed by atoms with Gasteiger partial charge >= 0.3 is 12.0 Å². The third-order valence-electron chi connectivity index (χ3n) is 2.60. The number of hydrogen-bond donors (Lipinski definition) is 3. The molecule has 1 unspecified atom stereocenters. The maximum Gasteiger partial charge on any atom is 0.336 e. The molecule has 5 nitrogen and oxygen atoms in total. The number of nitrogens with one attached hydrogen (secondary N) is 2. The molecule has 1 aliphatic rings. The van der Waals surface area contributed by atoms with Gasteiger partial charge in [-0.1, -0.05) is 17.7 Å². The van der Waals surface area contributed by atoms with Crippen LogP contribution in [0.1, 0.15) is 5.56 Å². The fraction of sp³-hybridized carbons (Fsp3) is 0.200. The first-order valence-corrected chi connectivity index (χ1v) is 5.09. The fourth-order valence-electron chi connectivity index (χ4n) is 1.79. The van der Waals surface area contributed by atoms with E-state index in [4.69, 9.17) is 11.6 Å². The highest BCUT2D eigenvalue weighted by atomic mass is 35.5. The number of carbonyl (C=O) groups excluding carboxylic acids is 1. The Labute approximate surface area is 101 Å². The molecule has 0 aliphatic carbocycles. The summed E-state index contributed by atoms with van der Waals surface area (Å²) in [7, 11) is 0. The van der Waals surface area contributed by atoms with Crippen molar-refractivity contribution < 1.29 is 19.1 Å². The number of carboxylic acid groups (broad SMARTS) is 1. The number of carboxylic acids is 1. The summed E-state index contributed by atoms with van der Waals surface area (Å²) in [5, 5.41) is 13.6. The van der Waals surface area contributed by atoms with Gasteiger partial charge in [-0.3, -0.25) is 0 Å². The van der Waals surface area contributed by atoms with Gasteiger partial charge < -0.3 is 15.7 Å². The topological polar surface area (TPSA) is 78.4 Å². The Balaban J connectivity index is 2.62. The Morgan fingerprint density at radius 1 is 1.53 bits per heavy atom. The van der Waals surface area contributed by atoms with Gasteiger partial charge in [-0.15, -0.1) is 0 Å². The van der Waals surface area contributed by atoms with Crippen LogP contribution in [0.2, 0.25) is 5.02 Å². The summed E-state index contributed by atoms with van der Waals surface area (Å²) in [6.45, 7) is -0.262. The van der Waals surface area contributed by atoms with Crippen molar-refractivity contribution in [3.63, 3.8) is 0 Å². The van der Waals surface area contributed by atoms with E-state index in [1.54, 1.807) is 0 Å². The van der Waals surface area contributed by atoms with E-state index in [1.807, 2.05) is 0 Å². The summed E-state index contributed by atoms with van der Waals surface area (Å²) in [6, 6.07) is 3.15. The van der Waals surface area contributed by atoms with E-state index in [2.05, 4.69) is 10.6 Å². The molecule has 1 aromatic carbocycles. The van der Waals surface area contributed by atoms with E-state index in [1.165, 1.54) is 12.1 Å². The molecule has 0 aromatic heterocycles. The minimum Gasteiger partial charge on any atom is -0.479 e. The minimum atomic E-state index is -1.86. The fourth-order valence-corrected chi connectivity index (χ4v) is 2.11. The van der Waals surface area contributed by atoms with Crippen LogP contribution in [0.4, 0.5) is 9.18 Å². The largest absolute Gasteiger partial charge is 0.479 e. The van der Waals surface area contributed by atoms with Crippen molar-refractivity contribution >= 4 is 23.6 Å². The van der Waals surface area contributed by atoms with Gasteiger partial charge in [0.2, 0.25) is 0 Å². The van der Waals surface area contributed by atoms with Crippen LogP contribution in [-0.4, -0.2) is 23.7 Å². The number of hydrogen-bond acceptors (Lipinski definition) is 2. The third-order valence-corrected chi connectivity index (χ3v) is 2.91. The predicted octanol–water partition coefficient (Wildman–Crippen LogP) is 1.07. The molecule has 1 heterocycles. The normalized spacial score (nSPS) is 23.1. The van der Waals surface area contributed by atoms with Crippen LogP contribution in [-0.2, 0) is 10.3 Å². The lowest BCUT2D eigenvalue weighted by Gasteiger charge is -2.24. The van der Waals surface area contributed by atoms with Crippen LogP contribution in [0.25, 0.3) is 0 Å². The van der Waals surface area contributed by atoms with Crippen LogP contribution in [0.15, 0.2) is 18.2 Å². The summed E-state index contributed by atoms with van der Waals surface area (Å²) < 4.78 is 13.7. The molecule has 0 saturated carbocycles. The number of halogens is 2. The minimum absolute atomic E-state index is 0.0450. The van der Waals surface area contributed by atoms with Crippen molar-refractivity contribution in [2.75, 3.05) is 6.54 Å². The first-order valence-electron chi connectivity index (χ1n) is 4.71. The number of rotatable bonds is 2. The number of benzene rings is 1. The third kappa shape index (κ3) is 1.70. The van der Waals surface area contributed by atoms with Gasteiger partial charge in [-0.25, -0.2) is 14.0 Å². The number of aliphatic carboxylic acids is 1. The van der Waals surface area contributed by atoms with Crippen molar-refractivity contribution in [2.45, 2.75) is 5.54 Å². The highest BCUT2D eigenvalue weighted by molar-refractivity contribution is 6.31. The zero-order chi connectivity index (χ0) is 12.6. The summed E-state index contributed by atoms with van der Waals surface area (Å²) in [4.78, 5) is 22.4. The average molecular weight is 259 g/mol. The van der Waals surface area contributed by atoms with Crippen LogP contribution < -0.4 is 10.6 Å².